The van der Waals surface area contributed by atoms with Crippen molar-refractivity contribution in [2.75, 3.05) is 11.4 Å². The van der Waals surface area contributed by atoms with Crippen molar-refractivity contribution < 1.29 is 0 Å². The van der Waals surface area contributed by atoms with Gasteiger partial charge >= 0.3 is 0 Å². The van der Waals surface area contributed by atoms with E-state index >= 15 is 0 Å². The first-order valence-electron chi connectivity index (χ1n) is 5.92. The second-order valence-electron chi connectivity index (χ2n) is 3.97. The molecule has 0 bridgehead atoms. The molecule has 5 heteroatoms. The van der Waals surface area contributed by atoms with E-state index in [0.717, 1.165) is 23.9 Å². The number of hydrogen-bond donors (Lipinski definition) is 0. The Hall–Kier alpha value is -2.30. The fraction of sp³-hybridized carbons (Fsp3) is 0.231. The minimum absolute atomic E-state index is 0.157. The van der Waals surface area contributed by atoms with Crippen molar-refractivity contribution in [1.82, 2.24) is 0 Å². The van der Waals surface area contributed by atoms with E-state index in [0.29, 0.717) is 0 Å². The normalized spacial score (nSPS) is 20.4. The first kappa shape index (κ1) is 10.8. The first-order valence-corrected chi connectivity index (χ1v) is 5.92. The highest BCUT2D eigenvalue weighted by molar-refractivity contribution is 6.24. The molecule has 5 nitrogen and oxygen atoms in total. The van der Waals surface area contributed by atoms with Crippen LogP contribution in [0, 0.1) is 0 Å². The number of likely N-dealkylation sites (N-methyl/N-ethyl adjacent to an activating group) is 1. The van der Waals surface area contributed by atoms with Crippen molar-refractivity contribution in [2.45, 2.75) is 13.0 Å². The molecule has 1 aromatic carbocycles. The summed E-state index contributed by atoms with van der Waals surface area (Å²) in [5.41, 5.74) is 1.11. The van der Waals surface area contributed by atoms with Crippen molar-refractivity contribution in [3.63, 3.8) is 0 Å². The molecule has 3 rings (SSSR count). The molecule has 0 saturated carbocycles. The molecular weight excluding hydrogens is 226 g/mol. The lowest BCUT2D eigenvalue weighted by Gasteiger charge is -2.28. The van der Waals surface area contributed by atoms with Gasteiger partial charge in [0.15, 0.2) is 11.9 Å². The van der Waals surface area contributed by atoms with E-state index in [1.54, 1.807) is 12.7 Å². The summed E-state index contributed by atoms with van der Waals surface area (Å²) < 4.78 is 0. The molecule has 0 amide bonds. The van der Waals surface area contributed by atoms with E-state index in [4.69, 9.17) is 0 Å². The van der Waals surface area contributed by atoms with Crippen molar-refractivity contribution >= 4 is 30.0 Å². The number of nitrogens with zero attached hydrogens (tertiary/aromatic N) is 5. The number of aliphatic imine (C=N–C) groups is 4. The van der Waals surface area contributed by atoms with Gasteiger partial charge in [-0.15, -0.1) is 0 Å². The van der Waals surface area contributed by atoms with Crippen LogP contribution in [0.2, 0.25) is 0 Å². The highest BCUT2D eigenvalue weighted by atomic mass is 15.3. The van der Waals surface area contributed by atoms with Gasteiger partial charge in [-0.1, -0.05) is 18.2 Å². The van der Waals surface area contributed by atoms with Gasteiger partial charge in [0.1, 0.15) is 18.5 Å². The summed E-state index contributed by atoms with van der Waals surface area (Å²) in [5.74, 6) is 1.60. The van der Waals surface area contributed by atoms with Crippen LogP contribution in [-0.2, 0) is 0 Å². The number of anilines is 1. The minimum atomic E-state index is -0.157. The lowest BCUT2D eigenvalue weighted by molar-refractivity contribution is 0.993. The van der Waals surface area contributed by atoms with Crippen LogP contribution in [0.15, 0.2) is 50.3 Å². The molecule has 1 atom stereocenters. The molecular formula is C13H13N5. The number of hydrogen-bond acceptors (Lipinski definition) is 5. The Balaban J connectivity index is 1.98. The SMILES string of the molecule is CCN(C1=NC=NC2=NC=NC21)c1ccccc1. The second-order valence-corrected chi connectivity index (χ2v) is 3.97. The Morgan fingerprint density at radius 1 is 1.11 bits per heavy atom. The molecule has 90 valence electrons. The third-order valence-electron chi connectivity index (χ3n) is 2.94. The number of fused-ring (bicyclic) bond motifs is 1. The zero-order chi connectivity index (χ0) is 12.4. The molecule has 0 aromatic heterocycles. The van der Waals surface area contributed by atoms with Crippen molar-refractivity contribution in [1.29, 1.82) is 0 Å². The predicted molar refractivity (Wildman–Crippen MR) is 75.1 cm³/mol. The average molecular weight is 239 g/mol. The molecule has 2 aliphatic heterocycles. The Bertz CT molecular complexity index is 556. The van der Waals surface area contributed by atoms with E-state index in [-0.39, 0.29) is 6.04 Å². The van der Waals surface area contributed by atoms with Crippen LogP contribution in [0.1, 0.15) is 6.92 Å². The Morgan fingerprint density at radius 2 is 1.94 bits per heavy atom. The summed E-state index contributed by atoms with van der Waals surface area (Å²) in [6.45, 7) is 2.92. The zero-order valence-corrected chi connectivity index (χ0v) is 10.1. The fourth-order valence-electron chi connectivity index (χ4n) is 2.10. The van der Waals surface area contributed by atoms with E-state index in [2.05, 4.69) is 43.9 Å². The second kappa shape index (κ2) is 4.52. The Kier molecular flexibility index (Phi) is 2.72. The van der Waals surface area contributed by atoms with E-state index in [1.807, 2.05) is 18.2 Å². The standard InChI is InChI=1S/C13H13N5/c1-2-18(10-6-4-3-5-7-10)13-11-12(15-8-14-11)16-9-17-13/h3-9,11H,2H2,1H3. The number of amidine groups is 2. The van der Waals surface area contributed by atoms with Gasteiger partial charge in [-0.3, -0.25) is 4.99 Å². The average Bonchev–Trinajstić information content (AvgIpc) is 2.90. The van der Waals surface area contributed by atoms with E-state index in [1.165, 1.54) is 0 Å². The smallest absolute Gasteiger partial charge is 0.169 e. The van der Waals surface area contributed by atoms with Crippen molar-refractivity contribution in [2.24, 2.45) is 20.0 Å². The van der Waals surface area contributed by atoms with Gasteiger partial charge in [-0.05, 0) is 19.1 Å². The maximum absolute atomic E-state index is 4.38. The highest BCUT2D eigenvalue weighted by Crippen LogP contribution is 2.19. The lowest BCUT2D eigenvalue weighted by Crippen LogP contribution is -2.42. The third-order valence-corrected chi connectivity index (χ3v) is 2.94. The summed E-state index contributed by atoms with van der Waals surface area (Å²) in [6, 6.07) is 10.0. The van der Waals surface area contributed by atoms with Gasteiger partial charge in [0.2, 0.25) is 0 Å². The van der Waals surface area contributed by atoms with Crippen molar-refractivity contribution in [3.05, 3.63) is 30.3 Å². The van der Waals surface area contributed by atoms with Crippen LogP contribution < -0.4 is 4.90 Å². The van der Waals surface area contributed by atoms with Gasteiger partial charge in [0.05, 0.1) is 0 Å². The molecule has 0 saturated heterocycles. The molecule has 0 fully saturated rings. The van der Waals surface area contributed by atoms with Crippen LogP contribution in [-0.4, -0.2) is 36.9 Å². The maximum atomic E-state index is 4.38. The van der Waals surface area contributed by atoms with Gasteiger partial charge in [0.25, 0.3) is 0 Å². The summed E-state index contributed by atoms with van der Waals surface area (Å²) in [6.07, 6.45) is 3.10. The molecule has 0 spiro atoms. The molecule has 2 aliphatic rings. The monoisotopic (exact) mass is 239 g/mol. The van der Waals surface area contributed by atoms with E-state index < -0.39 is 0 Å². The molecule has 1 unspecified atom stereocenters. The van der Waals surface area contributed by atoms with Gasteiger partial charge in [0, 0.05) is 12.2 Å². The minimum Gasteiger partial charge on any atom is -0.328 e. The number of benzene rings is 1. The Labute approximate surface area is 105 Å². The predicted octanol–water partition coefficient (Wildman–Crippen LogP) is 1.76. The summed E-state index contributed by atoms with van der Waals surface area (Å²) in [7, 11) is 0. The number of para-hydroxylation sites is 1. The molecule has 0 N–H and O–H groups in total. The molecule has 2 heterocycles. The van der Waals surface area contributed by atoms with Gasteiger partial charge in [-0.25, -0.2) is 15.0 Å². The quantitative estimate of drug-likeness (QED) is 0.775. The molecule has 18 heavy (non-hydrogen) atoms. The van der Waals surface area contributed by atoms with Crippen LogP contribution in [0.5, 0.6) is 0 Å². The zero-order valence-electron chi connectivity index (χ0n) is 10.1. The Morgan fingerprint density at radius 3 is 2.72 bits per heavy atom. The molecule has 0 radical (unpaired) electrons. The highest BCUT2D eigenvalue weighted by Gasteiger charge is 2.30. The molecule has 1 aromatic rings. The first-order chi connectivity index (χ1) is 8.90. The maximum Gasteiger partial charge on any atom is 0.169 e. The van der Waals surface area contributed by atoms with Crippen LogP contribution in [0.4, 0.5) is 5.69 Å². The lowest BCUT2D eigenvalue weighted by atomic mass is 10.2. The summed E-state index contributed by atoms with van der Waals surface area (Å²) in [4.78, 5) is 19.1. The van der Waals surface area contributed by atoms with Crippen LogP contribution in [0.25, 0.3) is 0 Å². The van der Waals surface area contributed by atoms with Crippen LogP contribution >= 0.6 is 0 Å². The van der Waals surface area contributed by atoms with Gasteiger partial charge in [-0.2, -0.15) is 0 Å². The topological polar surface area (TPSA) is 52.7 Å². The van der Waals surface area contributed by atoms with Crippen LogP contribution in [0.3, 0.4) is 0 Å². The summed E-state index contributed by atoms with van der Waals surface area (Å²) >= 11 is 0. The van der Waals surface area contributed by atoms with Gasteiger partial charge < -0.3 is 4.90 Å². The van der Waals surface area contributed by atoms with E-state index in [9.17, 15) is 0 Å². The largest absolute Gasteiger partial charge is 0.328 e. The molecule has 0 aliphatic carbocycles. The third kappa shape index (κ3) is 1.73. The fourth-order valence-corrected chi connectivity index (χ4v) is 2.10. The number of rotatable bonds is 2. The van der Waals surface area contributed by atoms with Crippen molar-refractivity contribution in [3.8, 4) is 0 Å². The summed E-state index contributed by atoms with van der Waals surface area (Å²) in [5, 5.41) is 0.